The Balaban J connectivity index is 1.33. The fraction of sp³-hybridized carbons (Fsp3) is 0.258. The van der Waals surface area contributed by atoms with Gasteiger partial charge in [-0.3, -0.25) is 4.79 Å². The number of benzene rings is 3. The van der Waals surface area contributed by atoms with Crippen LogP contribution in [-0.2, 0) is 19.1 Å². The van der Waals surface area contributed by atoms with Crippen molar-refractivity contribution in [2.45, 2.75) is 25.6 Å². The van der Waals surface area contributed by atoms with E-state index in [9.17, 15) is 18.0 Å². The van der Waals surface area contributed by atoms with Crippen LogP contribution in [0.3, 0.4) is 0 Å². The number of halogens is 3. The second-order valence-corrected chi connectivity index (χ2v) is 10.6. The number of alkyl halides is 3. The molecule has 0 radical (unpaired) electrons. The van der Waals surface area contributed by atoms with Gasteiger partial charge in [-0.15, -0.1) is 0 Å². The Labute approximate surface area is 245 Å². The van der Waals surface area contributed by atoms with E-state index in [1.165, 1.54) is 23.1 Å². The summed E-state index contributed by atoms with van der Waals surface area (Å²) >= 11 is 0. The predicted octanol–water partition coefficient (Wildman–Crippen LogP) is 5.27. The average Bonchev–Trinajstić information content (AvgIpc) is 3.58. The van der Waals surface area contributed by atoms with Crippen molar-refractivity contribution in [2.75, 3.05) is 37.3 Å². The fourth-order valence-corrected chi connectivity index (χ4v) is 5.59. The van der Waals surface area contributed by atoms with Crippen LogP contribution < -0.4 is 16.4 Å². The number of hydrogen-bond acceptors (Lipinski definition) is 7. The number of hydrogen-bond donors (Lipinski definition) is 2. The number of carbonyl (C=O) groups excluding carboxylic acids is 1. The van der Waals surface area contributed by atoms with Gasteiger partial charge in [0.25, 0.3) is 5.91 Å². The first-order chi connectivity index (χ1) is 20.7. The van der Waals surface area contributed by atoms with Crippen LogP contribution in [0.25, 0.3) is 27.8 Å². The van der Waals surface area contributed by atoms with Gasteiger partial charge in [0, 0.05) is 24.3 Å². The first kappa shape index (κ1) is 28.4. The molecule has 0 bridgehead atoms. The molecule has 0 fully saturated rings. The minimum atomic E-state index is -4.73. The lowest BCUT2D eigenvalue weighted by Crippen LogP contribution is -2.39. The van der Waals surface area contributed by atoms with Crippen LogP contribution in [0.15, 0.2) is 71.3 Å². The van der Waals surface area contributed by atoms with Crippen LogP contribution in [0.2, 0.25) is 0 Å². The predicted molar refractivity (Wildman–Crippen MR) is 158 cm³/mol. The molecule has 0 saturated carbocycles. The van der Waals surface area contributed by atoms with Crippen molar-refractivity contribution in [1.82, 2.24) is 19.8 Å². The monoisotopic (exact) mass is 589 g/mol. The van der Waals surface area contributed by atoms with Gasteiger partial charge in [-0.25, -0.2) is 4.68 Å². The number of amides is 1. The number of nitrogens with zero attached hydrogens (tertiary/aromatic N) is 5. The summed E-state index contributed by atoms with van der Waals surface area (Å²) in [6.07, 6.45) is -3.83. The van der Waals surface area contributed by atoms with E-state index in [0.29, 0.717) is 23.2 Å². The van der Waals surface area contributed by atoms with E-state index in [4.69, 9.17) is 16.0 Å². The van der Waals surface area contributed by atoms with Gasteiger partial charge in [-0.2, -0.15) is 18.3 Å². The van der Waals surface area contributed by atoms with Gasteiger partial charge in [0.2, 0.25) is 0 Å². The van der Waals surface area contributed by atoms with Crippen molar-refractivity contribution in [1.29, 1.82) is 0 Å². The highest BCUT2D eigenvalue weighted by Gasteiger charge is 2.43. The third-order valence-electron chi connectivity index (χ3n) is 7.70. The number of rotatable bonds is 8. The molecule has 9 nitrogen and oxygen atoms in total. The summed E-state index contributed by atoms with van der Waals surface area (Å²) in [4.78, 5) is 17.6. The molecule has 1 amide bonds. The Bertz CT molecular complexity index is 1790. The molecule has 3 heterocycles. The van der Waals surface area contributed by atoms with Crippen molar-refractivity contribution >= 4 is 28.4 Å². The molecule has 0 saturated heterocycles. The van der Waals surface area contributed by atoms with Crippen LogP contribution >= 0.6 is 0 Å². The molecule has 0 unspecified atom stereocenters. The zero-order valence-electron chi connectivity index (χ0n) is 23.4. The number of nitrogen functional groups attached to an aromatic ring is 1. The van der Waals surface area contributed by atoms with Gasteiger partial charge >= 0.3 is 6.18 Å². The lowest BCUT2D eigenvalue weighted by atomic mass is 9.98. The van der Waals surface area contributed by atoms with Gasteiger partial charge in [0.1, 0.15) is 5.69 Å². The van der Waals surface area contributed by atoms with Gasteiger partial charge in [0.05, 0.1) is 11.1 Å². The molecule has 4 N–H and O–H groups in total. The molecule has 43 heavy (non-hydrogen) atoms. The van der Waals surface area contributed by atoms with E-state index < -0.39 is 17.8 Å². The molecule has 0 atom stereocenters. The highest BCUT2D eigenvalue weighted by molar-refractivity contribution is 6.08. The molecule has 1 aliphatic heterocycles. The van der Waals surface area contributed by atoms with Crippen molar-refractivity contribution in [2.24, 2.45) is 5.73 Å². The van der Waals surface area contributed by atoms with E-state index >= 15 is 0 Å². The molecule has 0 aliphatic carbocycles. The molecule has 0 spiro atoms. The first-order valence-electron chi connectivity index (χ1n) is 13.9. The van der Waals surface area contributed by atoms with E-state index in [2.05, 4.69) is 34.3 Å². The van der Waals surface area contributed by atoms with Gasteiger partial charge < -0.3 is 25.8 Å². The summed E-state index contributed by atoms with van der Waals surface area (Å²) in [6, 6.07) is 20.2. The number of carbonyl (C=O) groups is 1. The zero-order valence-corrected chi connectivity index (χ0v) is 23.4. The van der Waals surface area contributed by atoms with Crippen LogP contribution in [0, 0.1) is 0 Å². The standard InChI is InChI=1S/C31H30F3N7O2/c1-39(15-4-14-35)18-20-5-2-3-6-23(20)19-7-9-21(10-8-19)40-16-13-24-27(30(40)42)41(37-28(24)31(32,33)34)22-11-12-26-25(17-22)29(36)38-43-26/h2-3,5-12,17H,4,13-16,18,35H2,1H3,(H2,36,38). The van der Waals surface area contributed by atoms with E-state index in [1.54, 1.807) is 0 Å². The number of nitrogens with two attached hydrogens (primary N) is 2. The Morgan fingerprint density at radius 1 is 1.05 bits per heavy atom. The Morgan fingerprint density at radius 2 is 1.79 bits per heavy atom. The normalized spacial score (nSPS) is 13.7. The quantitative estimate of drug-likeness (QED) is 0.253. The lowest BCUT2D eigenvalue weighted by molar-refractivity contribution is -0.141. The highest BCUT2D eigenvalue weighted by Crippen LogP contribution is 2.38. The van der Waals surface area contributed by atoms with Crippen LogP contribution in [0.4, 0.5) is 24.7 Å². The molecular formula is C31H30F3N7O2. The highest BCUT2D eigenvalue weighted by atomic mass is 19.4. The third-order valence-corrected chi connectivity index (χ3v) is 7.70. The maximum absolute atomic E-state index is 14.0. The minimum Gasteiger partial charge on any atom is -0.380 e. The van der Waals surface area contributed by atoms with Crippen molar-refractivity contribution < 1.29 is 22.5 Å². The summed E-state index contributed by atoms with van der Waals surface area (Å²) in [5, 5.41) is 7.99. The van der Waals surface area contributed by atoms with Crippen LogP contribution in [-0.4, -0.2) is 52.4 Å². The van der Waals surface area contributed by atoms with Gasteiger partial charge in [0.15, 0.2) is 17.1 Å². The SMILES string of the molecule is CN(CCCN)Cc1ccccc1-c1ccc(N2CCc3c(C(F)(F)F)nn(-c4ccc5onc(N)c5c4)c3C2=O)cc1. The van der Waals surface area contributed by atoms with Gasteiger partial charge in [-0.05, 0) is 80.0 Å². The Kier molecular flexibility index (Phi) is 7.40. The Hall–Kier alpha value is -4.68. The second kappa shape index (κ2) is 11.2. The number of anilines is 2. The molecule has 2 aromatic heterocycles. The average molecular weight is 590 g/mol. The van der Waals surface area contributed by atoms with E-state index in [0.717, 1.165) is 40.9 Å². The summed E-state index contributed by atoms with van der Waals surface area (Å²) in [5.41, 5.74) is 14.6. The topological polar surface area (TPSA) is 119 Å². The van der Waals surface area contributed by atoms with Crippen LogP contribution in [0.5, 0.6) is 0 Å². The minimum absolute atomic E-state index is 0.00666. The summed E-state index contributed by atoms with van der Waals surface area (Å²) in [7, 11) is 2.06. The molecule has 3 aromatic carbocycles. The maximum Gasteiger partial charge on any atom is 0.435 e. The molecule has 1 aliphatic rings. The lowest BCUT2D eigenvalue weighted by Gasteiger charge is -2.28. The van der Waals surface area contributed by atoms with Crippen LogP contribution in [0.1, 0.15) is 33.7 Å². The second-order valence-electron chi connectivity index (χ2n) is 10.6. The molecule has 6 rings (SSSR count). The van der Waals surface area contributed by atoms with Crippen molar-refractivity contribution in [3.05, 3.63) is 89.2 Å². The molecule has 222 valence electrons. The molecule has 12 heteroatoms. The van der Waals surface area contributed by atoms with E-state index in [-0.39, 0.29) is 35.7 Å². The van der Waals surface area contributed by atoms with Gasteiger partial charge in [-0.1, -0.05) is 41.6 Å². The summed E-state index contributed by atoms with van der Waals surface area (Å²) in [5.74, 6) is -0.483. The van der Waals surface area contributed by atoms with E-state index in [1.807, 2.05) is 36.4 Å². The number of aromatic nitrogens is 3. The van der Waals surface area contributed by atoms with Crippen molar-refractivity contribution in [3.8, 4) is 16.8 Å². The van der Waals surface area contributed by atoms with Crippen molar-refractivity contribution in [3.63, 3.8) is 0 Å². The fourth-order valence-electron chi connectivity index (χ4n) is 5.59. The Morgan fingerprint density at radius 3 is 2.53 bits per heavy atom. The zero-order chi connectivity index (χ0) is 30.3. The largest absolute Gasteiger partial charge is 0.435 e. The number of fused-ring (bicyclic) bond motifs is 2. The first-order valence-corrected chi connectivity index (χ1v) is 13.9. The molecule has 5 aromatic rings. The maximum atomic E-state index is 14.0. The summed E-state index contributed by atoms with van der Waals surface area (Å²) < 4.78 is 48.3. The molecular weight excluding hydrogens is 559 g/mol. The summed E-state index contributed by atoms with van der Waals surface area (Å²) in [6.45, 7) is 2.35. The smallest absolute Gasteiger partial charge is 0.380 e. The third kappa shape index (κ3) is 5.35.